The number of halogens is 3. The molecule has 0 aliphatic carbocycles. The average Bonchev–Trinajstić information content (AvgIpc) is 3.11. The minimum Gasteiger partial charge on any atom is -0.497 e. The summed E-state index contributed by atoms with van der Waals surface area (Å²) in [7, 11) is 1.61. The zero-order chi connectivity index (χ0) is 24.3. The lowest BCUT2D eigenvalue weighted by Crippen LogP contribution is -2.25. The Morgan fingerprint density at radius 3 is 2.71 bits per heavy atom. The molecule has 0 aliphatic heterocycles. The summed E-state index contributed by atoms with van der Waals surface area (Å²) in [6.45, 7) is 2.77. The number of nitrogens with zero attached hydrogens (tertiary/aromatic N) is 2. The molecular formula is C25H22F3N3O3. The van der Waals surface area contributed by atoms with E-state index in [1.165, 1.54) is 30.4 Å². The van der Waals surface area contributed by atoms with Gasteiger partial charge in [-0.25, -0.2) is 0 Å². The number of nitrogens with one attached hydrogen (secondary N) is 1. The minimum absolute atomic E-state index is 0.338. The smallest absolute Gasteiger partial charge is 0.497 e. The van der Waals surface area contributed by atoms with Crippen molar-refractivity contribution in [1.29, 1.82) is 0 Å². The molecule has 4 aromatic rings. The van der Waals surface area contributed by atoms with Crippen molar-refractivity contribution in [3.05, 3.63) is 72.1 Å². The highest BCUT2D eigenvalue weighted by atomic mass is 19.4. The number of carbonyl (C=O) groups excluding carboxylic acids is 1. The van der Waals surface area contributed by atoms with Crippen molar-refractivity contribution < 1.29 is 27.4 Å². The van der Waals surface area contributed by atoms with Crippen molar-refractivity contribution >= 4 is 33.8 Å². The molecule has 0 fully saturated rings. The van der Waals surface area contributed by atoms with Gasteiger partial charge in [0.25, 0.3) is 0 Å². The second-order valence-electron chi connectivity index (χ2n) is 7.57. The van der Waals surface area contributed by atoms with Crippen LogP contribution in [0.3, 0.4) is 0 Å². The standard InChI is InChI=1S/C25H22F3N3O3/c1-16-24-21(10-11-29-16)20-8-7-18(33-2)15-22(20)31(24)13-12-30-23(32)9-6-17-4-3-5-19(14-17)34-25(26,27)28/h3-11,14-15H,12-13H2,1-2H3,(H,30,32)/b9-6+. The van der Waals surface area contributed by atoms with Gasteiger partial charge in [-0.1, -0.05) is 12.1 Å². The molecule has 0 aliphatic rings. The maximum Gasteiger partial charge on any atom is 0.573 e. The molecule has 0 saturated heterocycles. The van der Waals surface area contributed by atoms with E-state index < -0.39 is 6.36 Å². The van der Waals surface area contributed by atoms with E-state index in [9.17, 15) is 18.0 Å². The Morgan fingerprint density at radius 2 is 1.94 bits per heavy atom. The first-order valence-corrected chi connectivity index (χ1v) is 10.5. The van der Waals surface area contributed by atoms with Crippen molar-refractivity contribution in [1.82, 2.24) is 14.9 Å². The van der Waals surface area contributed by atoms with Crippen molar-refractivity contribution in [2.24, 2.45) is 0 Å². The molecule has 4 rings (SSSR count). The van der Waals surface area contributed by atoms with Crippen LogP contribution in [0, 0.1) is 6.92 Å². The van der Waals surface area contributed by atoms with E-state index in [4.69, 9.17) is 4.74 Å². The normalized spacial score (nSPS) is 11.9. The zero-order valence-corrected chi connectivity index (χ0v) is 18.5. The maximum atomic E-state index is 12.4. The van der Waals surface area contributed by atoms with Crippen molar-refractivity contribution in [2.45, 2.75) is 19.8 Å². The lowest BCUT2D eigenvalue weighted by molar-refractivity contribution is -0.274. The van der Waals surface area contributed by atoms with E-state index in [-0.39, 0.29) is 11.7 Å². The van der Waals surface area contributed by atoms with Gasteiger partial charge in [-0.05, 0) is 48.9 Å². The Labute approximate surface area is 193 Å². The van der Waals surface area contributed by atoms with Crippen LogP contribution >= 0.6 is 0 Å². The van der Waals surface area contributed by atoms with Crippen LogP contribution in [0.4, 0.5) is 13.2 Å². The van der Waals surface area contributed by atoms with Gasteiger partial charge >= 0.3 is 6.36 Å². The van der Waals surface area contributed by atoms with Gasteiger partial charge in [0.2, 0.25) is 5.91 Å². The summed E-state index contributed by atoms with van der Waals surface area (Å²) < 4.78 is 48.5. The summed E-state index contributed by atoms with van der Waals surface area (Å²) in [6.07, 6.45) is -0.302. The minimum atomic E-state index is -4.77. The van der Waals surface area contributed by atoms with Crippen molar-refractivity contribution in [3.63, 3.8) is 0 Å². The molecular weight excluding hydrogens is 447 g/mol. The van der Waals surface area contributed by atoms with Crippen molar-refractivity contribution in [2.75, 3.05) is 13.7 Å². The number of benzene rings is 2. The Morgan fingerprint density at radius 1 is 1.12 bits per heavy atom. The summed E-state index contributed by atoms with van der Waals surface area (Å²) in [5.74, 6) is 0.0158. The van der Waals surface area contributed by atoms with Crippen LogP contribution < -0.4 is 14.8 Å². The highest BCUT2D eigenvalue weighted by Gasteiger charge is 2.31. The third-order valence-corrected chi connectivity index (χ3v) is 5.32. The molecule has 0 unspecified atom stereocenters. The fraction of sp³-hybridized carbons (Fsp3) is 0.200. The highest BCUT2D eigenvalue weighted by Crippen LogP contribution is 2.32. The van der Waals surface area contributed by atoms with Crippen LogP contribution in [-0.4, -0.2) is 35.5 Å². The van der Waals surface area contributed by atoms with E-state index in [1.807, 2.05) is 31.2 Å². The van der Waals surface area contributed by atoms with Crippen LogP contribution in [0.1, 0.15) is 11.3 Å². The second-order valence-corrected chi connectivity index (χ2v) is 7.57. The Hall–Kier alpha value is -4.01. The van der Waals surface area contributed by atoms with Gasteiger partial charge in [-0.3, -0.25) is 9.78 Å². The molecule has 34 heavy (non-hydrogen) atoms. The van der Waals surface area contributed by atoms with E-state index in [2.05, 4.69) is 19.6 Å². The summed E-state index contributed by atoms with van der Waals surface area (Å²) in [5, 5.41) is 4.94. The lowest BCUT2D eigenvalue weighted by Gasteiger charge is -2.10. The third-order valence-electron chi connectivity index (χ3n) is 5.32. The van der Waals surface area contributed by atoms with E-state index in [1.54, 1.807) is 19.4 Å². The number of aromatic nitrogens is 2. The largest absolute Gasteiger partial charge is 0.573 e. The number of alkyl halides is 3. The first-order chi connectivity index (χ1) is 16.2. The first-order valence-electron chi connectivity index (χ1n) is 10.5. The van der Waals surface area contributed by atoms with Crippen LogP contribution in [0.25, 0.3) is 27.9 Å². The fourth-order valence-corrected chi connectivity index (χ4v) is 3.90. The average molecular weight is 469 g/mol. The summed E-state index contributed by atoms with van der Waals surface area (Å²) >= 11 is 0. The number of aryl methyl sites for hydroxylation is 1. The zero-order valence-electron chi connectivity index (χ0n) is 18.5. The predicted octanol–water partition coefficient (Wildman–Crippen LogP) is 5.23. The molecule has 0 atom stereocenters. The van der Waals surface area contributed by atoms with Gasteiger partial charge in [0, 0.05) is 42.2 Å². The number of amides is 1. The van der Waals surface area contributed by atoms with Crippen LogP contribution in [0.15, 0.2) is 60.8 Å². The van der Waals surface area contributed by atoms with Gasteiger partial charge in [0.15, 0.2) is 0 Å². The molecule has 2 aromatic carbocycles. The fourth-order valence-electron chi connectivity index (χ4n) is 3.90. The highest BCUT2D eigenvalue weighted by molar-refractivity contribution is 6.09. The number of ether oxygens (including phenoxy) is 2. The number of hydrogen-bond donors (Lipinski definition) is 1. The van der Waals surface area contributed by atoms with Crippen LogP contribution in [-0.2, 0) is 11.3 Å². The van der Waals surface area contributed by atoms with E-state index >= 15 is 0 Å². The van der Waals surface area contributed by atoms with E-state index in [0.29, 0.717) is 18.7 Å². The molecule has 0 spiro atoms. The number of hydrogen-bond acceptors (Lipinski definition) is 4. The summed E-state index contributed by atoms with van der Waals surface area (Å²) in [6, 6.07) is 13.2. The number of pyridine rings is 1. The molecule has 1 amide bonds. The molecule has 176 valence electrons. The molecule has 0 bridgehead atoms. The maximum absolute atomic E-state index is 12.4. The summed E-state index contributed by atoms with van der Waals surface area (Å²) in [4.78, 5) is 16.7. The van der Waals surface area contributed by atoms with Gasteiger partial charge in [0.05, 0.1) is 23.8 Å². The topological polar surface area (TPSA) is 65.4 Å². The van der Waals surface area contributed by atoms with Crippen LogP contribution in [0.5, 0.6) is 11.5 Å². The number of carbonyl (C=O) groups is 1. The van der Waals surface area contributed by atoms with Crippen LogP contribution in [0.2, 0.25) is 0 Å². The molecule has 1 N–H and O–H groups in total. The predicted molar refractivity (Wildman–Crippen MR) is 124 cm³/mol. The molecule has 0 saturated carbocycles. The van der Waals surface area contributed by atoms with Gasteiger partial charge in [0.1, 0.15) is 11.5 Å². The monoisotopic (exact) mass is 469 g/mol. The number of methoxy groups -OCH3 is 1. The second kappa shape index (κ2) is 9.46. The Balaban J connectivity index is 1.48. The Kier molecular flexibility index (Phi) is 6.45. The quantitative estimate of drug-likeness (QED) is 0.376. The first kappa shape index (κ1) is 23.2. The van der Waals surface area contributed by atoms with E-state index in [0.717, 1.165) is 33.2 Å². The Bertz CT molecular complexity index is 1380. The van der Waals surface area contributed by atoms with Gasteiger partial charge in [-0.2, -0.15) is 0 Å². The third kappa shape index (κ3) is 5.14. The van der Waals surface area contributed by atoms with Crippen molar-refractivity contribution in [3.8, 4) is 11.5 Å². The molecule has 6 nitrogen and oxygen atoms in total. The molecule has 0 radical (unpaired) electrons. The van der Waals surface area contributed by atoms with Gasteiger partial charge in [-0.15, -0.1) is 13.2 Å². The number of fused-ring (bicyclic) bond motifs is 3. The summed E-state index contributed by atoms with van der Waals surface area (Å²) in [5.41, 5.74) is 3.24. The molecule has 2 aromatic heterocycles. The SMILES string of the molecule is COc1ccc2c3ccnc(C)c3n(CCNC(=O)/C=C/c3cccc(OC(F)(F)F)c3)c2c1. The number of rotatable bonds is 7. The van der Waals surface area contributed by atoms with Gasteiger partial charge < -0.3 is 19.4 Å². The molecule has 2 heterocycles. The lowest BCUT2D eigenvalue weighted by atomic mass is 10.1. The molecule has 9 heteroatoms.